The Hall–Kier alpha value is -0.830. The number of Topliss-reactive ketones (excluding diaryl/α,β-unsaturated/α-hetero) is 1. The van der Waals surface area contributed by atoms with Crippen molar-refractivity contribution in [2.24, 2.45) is 0 Å². The first-order chi connectivity index (χ1) is 10.7. The fourth-order valence-electron chi connectivity index (χ4n) is 3.22. The van der Waals surface area contributed by atoms with E-state index in [4.69, 9.17) is 0 Å². The van der Waals surface area contributed by atoms with Crippen LogP contribution in [0.5, 0.6) is 0 Å². The molecule has 5 heteroatoms. The summed E-state index contributed by atoms with van der Waals surface area (Å²) in [6.45, 7) is 3.24. The molecule has 0 aliphatic carbocycles. The van der Waals surface area contributed by atoms with E-state index in [2.05, 4.69) is 41.8 Å². The van der Waals surface area contributed by atoms with Crippen LogP contribution in [-0.2, 0) is 6.42 Å². The van der Waals surface area contributed by atoms with Gasteiger partial charge in [-0.2, -0.15) is 0 Å². The van der Waals surface area contributed by atoms with E-state index >= 15 is 0 Å². The third-order valence-electron chi connectivity index (χ3n) is 4.47. The van der Waals surface area contributed by atoms with Crippen LogP contribution >= 0.6 is 19.2 Å². The SMILES string of the molecule is CPSCCc1ccc2[nH]cc(C(=O)C3CCCN3C)c2c1. The molecule has 2 atom stereocenters. The van der Waals surface area contributed by atoms with Crippen LogP contribution in [0, 0.1) is 0 Å². The minimum absolute atomic E-state index is 0.0551. The summed E-state index contributed by atoms with van der Waals surface area (Å²) in [6, 6.07) is 6.54. The van der Waals surface area contributed by atoms with Crippen LogP contribution in [-0.4, -0.2) is 47.7 Å². The number of aryl methyl sites for hydroxylation is 1. The third kappa shape index (κ3) is 3.24. The number of nitrogens with zero attached hydrogens (tertiary/aromatic N) is 1. The summed E-state index contributed by atoms with van der Waals surface area (Å²) in [5.74, 6) is 1.42. The molecule has 0 bridgehead atoms. The first-order valence-corrected chi connectivity index (χ1v) is 11.0. The van der Waals surface area contributed by atoms with E-state index < -0.39 is 0 Å². The number of aromatic amines is 1. The Kier molecular flexibility index (Phi) is 5.22. The summed E-state index contributed by atoms with van der Waals surface area (Å²) in [7, 11) is 3.00. The molecule has 1 saturated heterocycles. The van der Waals surface area contributed by atoms with E-state index in [9.17, 15) is 4.79 Å². The van der Waals surface area contributed by atoms with Crippen LogP contribution in [0.3, 0.4) is 0 Å². The highest BCUT2D eigenvalue weighted by atomic mass is 32.7. The summed E-state index contributed by atoms with van der Waals surface area (Å²) in [5.41, 5.74) is 3.25. The zero-order valence-electron chi connectivity index (χ0n) is 13.2. The molecule has 22 heavy (non-hydrogen) atoms. The molecule has 1 aliphatic heterocycles. The number of hydrogen-bond donors (Lipinski definition) is 1. The Bertz CT molecular complexity index is 670. The zero-order valence-corrected chi connectivity index (χ0v) is 15.0. The van der Waals surface area contributed by atoms with Crippen molar-refractivity contribution in [2.75, 3.05) is 26.0 Å². The molecule has 1 aromatic heterocycles. The van der Waals surface area contributed by atoms with E-state index in [-0.39, 0.29) is 11.8 Å². The number of H-pyrrole nitrogens is 1. The van der Waals surface area contributed by atoms with Gasteiger partial charge < -0.3 is 4.98 Å². The Labute approximate surface area is 137 Å². The van der Waals surface area contributed by atoms with Crippen molar-refractivity contribution >= 4 is 35.9 Å². The number of carbonyl (C=O) groups excluding carboxylic acids is 1. The molecule has 0 amide bonds. The normalized spacial score (nSPS) is 19.6. The number of carbonyl (C=O) groups is 1. The van der Waals surface area contributed by atoms with Gasteiger partial charge in [0.05, 0.1) is 6.04 Å². The van der Waals surface area contributed by atoms with Gasteiger partial charge in [-0.25, -0.2) is 0 Å². The molecule has 1 N–H and O–H groups in total. The smallest absolute Gasteiger partial charge is 0.182 e. The van der Waals surface area contributed by atoms with Gasteiger partial charge in [-0.05, 0) is 57.2 Å². The number of ketones is 1. The molecule has 0 spiro atoms. The third-order valence-corrected chi connectivity index (χ3v) is 6.65. The highest BCUT2D eigenvalue weighted by molar-refractivity contribution is 8.49. The van der Waals surface area contributed by atoms with E-state index in [0.29, 0.717) is 0 Å². The van der Waals surface area contributed by atoms with Gasteiger partial charge in [0, 0.05) is 28.4 Å². The maximum atomic E-state index is 12.8. The van der Waals surface area contributed by atoms with Gasteiger partial charge in [-0.15, -0.1) is 11.4 Å². The molecule has 2 unspecified atom stereocenters. The quantitative estimate of drug-likeness (QED) is 0.494. The van der Waals surface area contributed by atoms with Crippen molar-refractivity contribution in [1.29, 1.82) is 0 Å². The number of hydrogen-bond acceptors (Lipinski definition) is 3. The average Bonchev–Trinajstić information content (AvgIpc) is 3.12. The van der Waals surface area contributed by atoms with E-state index in [0.717, 1.165) is 55.8 Å². The summed E-state index contributed by atoms with van der Waals surface area (Å²) in [6.07, 6.45) is 5.07. The van der Waals surface area contributed by atoms with Crippen molar-refractivity contribution in [3.63, 3.8) is 0 Å². The summed E-state index contributed by atoms with van der Waals surface area (Å²) in [4.78, 5) is 18.3. The monoisotopic (exact) mass is 334 g/mol. The van der Waals surface area contributed by atoms with Crippen LogP contribution in [0.1, 0.15) is 28.8 Å². The van der Waals surface area contributed by atoms with Crippen molar-refractivity contribution in [2.45, 2.75) is 25.3 Å². The molecule has 0 saturated carbocycles. The number of fused-ring (bicyclic) bond motifs is 1. The number of nitrogens with one attached hydrogen (secondary N) is 1. The standard InChI is InChI=1S/C17H23N2OPS/c1-19-8-3-4-16(19)17(20)14-11-18-15-6-5-12(10-13(14)15)7-9-22-21-2/h5-6,10-11,16,18,21H,3-4,7-9H2,1-2H3. The second-order valence-corrected chi connectivity index (χ2v) is 9.08. The fourth-order valence-corrected chi connectivity index (χ4v) is 4.68. The highest BCUT2D eigenvalue weighted by Crippen LogP contribution is 2.28. The molecule has 0 radical (unpaired) electrons. The fraction of sp³-hybridized carbons (Fsp3) is 0.471. The van der Waals surface area contributed by atoms with Crippen LogP contribution in [0.15, 0.2) is 24.4 Å². The first-order valence-electron chi connectivity index (χ1n) is 7.83. The van der Waals surface area contributed by atoms with Gasteiger partial charge in [0.2, 0.25) is 0 Å². The number of aromatic nitrogens is 1. The summed E-state index contributed by atoms with van der Waals surface area (Å²) in [5, 5.41) is 1.09. The number of likely N-dealkylation sites (tertiary alicyclic amines) is 1. The molecule has 3 rings (SSSR count). The predicted octanol–water partition coefficient (Wildman–Crippen LogP) is 3.94. The van der Waals surface area contributed by atoms with Crippen molar-refractivity contribution in [3.8, 4) is 0 Å². The molecule has 2 heterocycles. The lowest BCUT2D eigenvalue weighted by Gasteiger charge is -2.17. The topological polar surface area (TPSA) is 36.1 Å². The Balaban J connectivity index is 1.86. The summed E-state index contributed by atoms with van der Waals surface area (Å²) < 4.78 is 0. The van der Waals surface area contributed by atoms with E-state index in [1.54, 1.807) is 0 Å². The van der Waals surface area contributed by atoms with Crippen molar-refractivity contribution in [3.05, 3.63) is 35.5 Å². The van der Waals surface area contributed by atoms with Gasteiger partial charge in [-0.3, -0.25) is 9.69 Å². The van der Waals surface area contributed by atoms with E-state index in [1.165, 1.54) is 5.56 Å². The molecule has 118 valence electrons. The maximum absolute atomic E-state index is 12.8. The van der Waals surface area contributed by atoms with Crippen LogP contribution < -0.4 is 0 Å². The second kappa shape index (κ2) is 7.16. The second-order valence-electron chi connectivity index (χ2n) is 5.89. The van der Waals surface area contributed by atoms with E-state index in [1.807, 2.05) is 17.6 Å². The number of benzene rings is 1. The van der Waals surface area contributed by atoms with Gasteiger partial charge in [0.15, 0.2) is 5.78 Å². The van der Waals surface area contributed by atoms with Crippen LogP contribution in [0.2, 0.25) is 0 Å². The molecular formula is C17H23N2OPS. The Morgan fingerprint density at radius 3 is 3.09 bits per heavy atom. The number of likely N-dealkylation sites (N-methyl/N-ethyl adjacent to an activating group) is 1. The Morgan fingerprint density at radius 1 is 1.50 bits per heavy atom. The minimum atomic E-state index is 0.0551. The Morgan fingerprint density at radius 2 is 2.36 bits per heavy atom. The van der Waals surface area contributed by atoms with Gasteiger partial charge >= 0.3 is 0 Å². The molecule has 1 fully saturated rings. The zero-order chi connectivity index (χ0) is 15.5. The van der Waals surface area contributed by atoms with Gasteiger partial charge in [0.25, 0.3) is 0 Å². The molecular weight excluding hydrogens is 311 g/mol. The molecule has 3 nitrogen and oxygen atoms in total. The van der Waals surface area contributed by atoms with Crippen LogP contribution in [0.25, 0.3) is 10.9 Å². The lowest BCUT2D eigenvalue weighted by molar-refractivity contribution is 0.0892. The largest absolute Gasteiger partial charge is 0.360 e. The lowest BCUT2D eigenvalue weighted by Crippen LogP contribution is -2.32. The van der Waals surface area contributed by atoms with Gasteiger partial charge in [0.1, 0.15) is 0 Å². The maximum Gasteiger partial charge on any atom is 0.182 e. The summed E-state index contributed by atoms with van der Waals surface area (Å²) >= 11 is 1.99. The minimum Gasteiger partial charge on any atom is -0.360 e. The van der Waals surface area contributed by atoms with Crippen molar-refractivity contribution in [1.82, 2.24) is 9.88 Å². The predicted molar refractivity (Wildman–Crippen MR) is 98.7 cm³/mol. The first kappa shape index (κ1) is 16.0. The van der Waals surface area contributed by atoms with Crippen molar-refractivity contribution < 1.29 is 4.79 Å². The highest BCUT2D eigenvalue weighted by Gasteiger charge is 2.29. The average molecular weight is 334 g/mol. The lowest BCUT2D eigenvalue weighted by atomic mass is 10.00. The number of rotatable bonds is 6. The molecule has 1 aliphatic rings. The van der Waals surface area contributed by atoms with Crippen LogP contribution in [0.4, 0.5) is 0 Å². The molecule has 2 aromatic rings. The van der Waals surface area contributed by atoms with Gasteiger partial charge in [-0.1, -0.05) is 13.8 Å². The molecule has 1 aromatic carbocycles.